The molecule has 1 fully saturated rings. The van der Waals surface area contributed by atoms with Crippen molar-refractivity contribution in [2.45, 2.75) is 58.0 Å². The van der Waals surface area contributed by atoms with Crippen molar-refractivity contribution in [2.75, 3.05) is 12.5 Å². The fraction of sp³-hybridized carbons (Fsp3) is 0.625. The van der Waals surface area contributed by atoms with Gasteiger partial charge in [-0.1, -0.05) is 0 Å². The van der Waals surface area contributed by atoms with Crippen LogP contribution in [0.5, 0.6) is 0 Å². The lowest BCUT2D eigenvalue weighted by molar-refractivity contribution is -0.985. The van der Waals surface area contributed by atoms with Crippen LogP contribution in [-0.4, -0.2) is 27.7 Å². The number of hydrogen-bond donors (Lipinski definition) is 1. The van der Waals surface area contributed by atoms with Crippen LogP contribution >= 0.6 is 0 Å². The van der Waals surface area contributed by atoms with E-state index in [2.05, 4.69) is 45.2 Å². The quantitative estimate of drug-likeness (QED) is 0.847. The van der Waals surface area contributed by atoms with Crippen molar-refractivity contribution in [3.05, 3.63) is 23.8 Å². The van der Waals surface area contributed by atoms with Gasteiger partial charge in [0, 0.05) is 18.9 Å². The fourth-order valence-corrected chi connectivity index (χ4v) is 3.38. The Hall–Kier alpha value is -1.67. The van der Waals surface area contributed by atoms with E-state index >= 15 is 0 Å². The molecular weight excluding hydrogens is 267 g/mol. The van der Waals surface area contributed by atoms with Crippen molar-refractivity contribution in [1.82, 2.24) is 4.98 Å². The van der Waals surface area contributed by atoms with Crippen molar-refractivity contribution < 1.29 is 8.98 Å². The highest BCUT2D eigenvalue weighted by Crippen LogP contribution is 2.44. The second-order valence-electron chi connectivity index (χ2n) is 7.26. The molecule has 1 N–H and O–H groups in total. The normalized spacial score (nSPS) is 22.3. The topological polar surface area (TPSA) is 48.7 Å². The van der Waals surface area contributed by atoms with E-state index in [0.717, 1.165) is 19.0 Å². The first-order valence-electron chi connectivity index (χ1n) is 7.34. The van der Waals surface area contributed by atoms with Crippen molar-refractivity contribution in [3.63, 3.8) is 0 Å². The van der Waals surface area contributed by atoms with E-state index in [1.807, 2.05) is 6.07 Å². The van der Waals surface area contributed by atoms with Crippen LogP contribution in [0.3, 0.4) is 0 Å². The third-order valence-corrected chi connectivity index (χ3v) is 5.30. The molecule has 0 saturated carbocycles. The lowest BCUT2D eigenvalue weighted by Crippen LogP contribution is -2.73. The molecule has 5 heteroatoms. The molecular formula is C16H24FN4+. The van der Waals surface area contributed by atoms with Crippen molar-refractivity contribution in [3.8, 4) is 6.07 Å². The molecule has 0 bridgehead atoms. The van der Waals surface area contributed by atoms with Gasteiger partial charge in [-0.15, -0.1) is 0 Å². The number of piperidine rings is 1. The van der Waals surface area contributed by atoms with Gasteiger partial charge >= 0.3 is 0 Å². The zero-order valence-electron chi connectivity index (χ0n) is 13.5. The number of likely N-dealkylation sites (tertiary alicyclic amines) is 1. The van der Waals surface area contributed by atoms with Crippen LogP contribution in [0.1, 0.15) is 52.7 Å². The number of nitrogens with zero attached hydrogens (tertiary/aromatic N) is 3. The minimum absolute atomic E-state index is 0.0270. The first-order valence-corrected chi connectivity index (χ1v) is 7.34. The second kappa shape index (κ2) is 4.96. The number of nitrogens with one attached hydrogen (secondary N) is 1. The van der Waals surface area contributed by atoms with Gasteiger partial charge in [-0.05, 0) is 34.1 Å². The molecule has 1 aliphatic rings. The van der Waals surface area contributed by atoms with Gasteiger partial charge in [0.15, 0.2) is 5.69 Å². The number of pyridine rings is 1. The van der Waals surface area contributed by atoms with Crippen LogP contribution < -0.4 is 5.43 Å². The fourth-order valence-electron chi connectivity index (χ4n) is 3.38. The SMILES string of the molecule is CC1(C)CCCC(C)(C)[N+]1(C)Nc1cc(F)cnc1C#N. The molecule has 0 aliphatic carbocycles. The molecule has 1 saturated heterocycles. The average Bonchev–Trinajstić information content (AvgIpc) is 2.36. The van der Waals surface area contributed by atoms with E-state index < -0.39 is 5.82 Å². The highest BCUT2D eigenvalue weighted by Gasteiger charge is 2.54. The summed E-state index contributed by atoms with van der Waals surface area (Å²) in [4.78, 5) is 3.88. The Labute approximate surface area is 126 Å². The highest BCUT2D eigenvalue weighted by molar-refractivity contribution is 5.52. The number of rotatable bonds is 2. The van der Waals surface area contributed by atoms with E-state index in [-0.39, 0.29) is 16.8 Å². The third kappa shape index (κ3) is 2.49. The van der Waals surface area contributed by atoms with E-state index in [1.54, 1.807) is 0 Å². The number of halogens is 1. The first-order chi connectivity index (χ1) is 9.63. The van der Waals surface area contributed by atoms with Crippen LogP contribution in [0.4, 0.5) is 10.1 Å². The Balaban J connectivity index is 2.49. The number of hydrogen-bond acceptors (Lipinski definition) is 3. The van der Waals surface area contributed by atoms with Crippen molar-refractivity contribution >= 4 is 5.69 Å². The van der Waals surface area contributed by atoms with Crippen LogP contribution in [0.15, 0.2) is 12.3 Å². The molecule has 0 amide bonds. The molecule has 0 radical (unpaired) electrons. The maximum Gasteiger partial charge on any atom is 0.168 e. The number of nitriles is 1. The number of anilines is 1. The van der Waals surface area contributed by atoms with Gasteiger partial charge in [-0.3, -0.25) is 0 Å². The van der Waals surface area contributed by atoms with E-state index in [1.165, 1.54) is 12.5 Å². The van der Waals surface area contributed by atoms with E-state index in [4.69, 9.17) is 0 Å². The van der Waals surface area contributed by atoms with Crippen LogP contribution in [0, 0.1) is 17.1 Å². The zero-order valence-corrected chi connectivity index (χ0v) is 13.5. The highest BCUT2D eigenvalue weighted by atomic mass is 19.1. The summed E-state index contributed by atoms with van der Waals surface area (Å²) in [5.74, 6) is -0.435. The smallest absolute Gasteiger partial charge is 0.168 e. The Bertz CT molecular complexity index is 570. The predicted octanol–water partition coefficient (Wildman–Crippen LogP) is 3.61. The Morgan fingerprint density at radius 2 is 1.86 bits per heavy atom. The summed E-state index contributed by atoms with van der Waals surface area (Å²) < 4.78 is 14.1. The Morgan fingerprint density at radius 1 is 1.29 bits per heavy atom. The molecule has 0 spiro atoms. The molecule has 0 unspecified atom stereocenters. The lowest BCUT2D eigenvalue weighted by Gasteiger charge is -2.58. The lowest BCUT2D eigenvalue weighted by atomic mass is 9.79. The molecule has 2 heterocycles. The maximum atomic E-state index is 13.5. The molecule has 0 aromatic carbocycles. The van der Waals surface area contributed by atoms with E-state index in [9.17, 15) is 9.65 Å². The summed E-state index contributed by atoms with van der Waals surface area (Å²) in [5, 5.41) is 9.20. The molecule has 2 rings (SSSR count). The number of quaternary nitrogens is 1. The Kier molecular flexibility index (Phi) is 3.71. The van der Waals surface area contributed by atoms with Gasteiger partial charge in [-0.2, -0.15) is 5.26 Å². The molecule has 1 aromatic heterocycles. The summed E-state index contributed by atoms with van der Waals surface area (Å²) in [6.07, 6.45) is 4.40. The molecule has 1 aromatic rings. The van der Waals surface area contributed by atoms with Gasteiger partial charge in [0.1, 0.15) is 28.7 Å². The molecule has 4 nitrogen and oxygen atoms in total. The minimum Gasteiger partial charge on any atom is -0.240 e. The summed E-state index contributed by atoms with van der Waals surface area (Å²) >= 11 is 0. The largest absolute Gasteiger partial charge is 0.240 e. The molecule has 0 atom stereocenters. The van der Waals surface area contributed by atoms with Gasteiger partial charge in [0.25, 0.3) is 0 Å². The van der Waals surface area contributed by atoms with Crippen LogP contribution in [-0.2, 0) is 0 Å². The monoisotopic (exact) mass is 291 g/mol. The predicted molar refractivity (Wildman–Crippen MR) is 80.7 cm³/mol. The molecule has 1 aliphatic heterocycles. The summed E-state index contributed by atoms with van der Waals surface area (Å²) in [6, 6.07) is 3.39. The van der Waals surface area contributed by atoms with Crippen molar-refractivity contribution in [1.29, 1.82) is 5.26 Å². The first kappa shape index (κ1) is 15.7. The minimum atomic E-state index is -0.435. The maximum absolute atomic E-state index is 13.5. The number of aromatic nitrogens is 1. The van der Waals surface area contributed by atoms with Crippen LogP contribution in [0.25, 0.3) is 0 Å². The van der Waals surface area contributed by atoms with Crippen LogP contribution in [0.2, 0.25) is 0 Å². The molecule has 114 valence electrons. The second-order valence-corrected chi connectivity index (χ2v) is 7.26. The molecule has 21 heavy (non-hydrogen) atoms. The third-order valence-electron chi connectivity index (χ3n) is 5.30. The van der Waals surface area contributed by atoms with Gasteiger partial charge < -0.3 is 0 Å². The van der Waals surface area contributed by atoms with Gasteiger partial charge in [-0.25, -0.2) is 19.4 Å². The summed E-state index contributed by atoms with van der Waals surface area (Å²) in [5.41, 5.74) is 4.05. The standard InChI is InChI=1S/C16H24FN4/c1-15(2)7-6-8-16(3,4)21(15,5)20-13-9-12(17)11-19-14(13)10-18/h9,11,20H,6-8H2,1-5H3/q+1. The Morgan fingerprint density at radius 3 is 2.38 bits per heavy atom. The zero-order chi connectivity index (χ0) is 15.9. The van der Waals surface area contributed by atoms with Crippen molar-refractivity contribution in [2.24, 2.45) is 0 Å². The van der Waals surface area contributed by atoms with Gasteiger partial charge in [0.2, 0.25) is 0 Å². The summed E-state index contributed by atoms with van der Waals surface area (Å²) in [7, 11) is 2.12. The van der Waals surface area contributed by atoms with Gasteiger partial charge in [0.05, 0.1) is 13.2 Å². The van der Waals surface area contributed by atoms with E-state index in [0.29, 0.717) is 10.3 Å². The summed E-state index contributed by atoms with van der Waals surface area (Å²) in [6.45, 7) is 8.83. The average molecular weight is 291 g/mol.